The molecule has 0 saturated heterocycles. The molecule has 21 heavy (non-hydrogen) atoms. The molecular weight excluding hydrogens is 286 g/mol. The van der Waals surface area contributed by atoms with E-state index in [0.717, 1.165) is 37.0 Å². The Morgan fingerprint density at radius 1 is 1.29 bits per heavy atom. The van der Waals surface area contributed by atoms with Crippen molar-refractivity contribution in [3.63, 3.8) is 0 Å². The number of hydrogen-bond donors (Lipinski definition) is 1. The molecule has 1 aromatic carbocycles. The number of rotatable bonds is 4. The van der Waals surface area contributed by atoms with Gasteiger partial charge in [0.2, 0.25) is 0 Å². The number of benzene rings is 1. The lowest BCUT2D eigenvalue weighted by atomic mass is 10.1. The molecular formula is C15H18ClN5. The summed E-state index contributed by atoms with van der Waals surface area (Å²) < 4.78 is 2.11. The zero-order chi connectivity index (χ0) is 14.2. The van der Waals surface area contributed by atoms with Crippen LogP contribution >= 0.6 is 11.6 Å². The number of hydrogen-bond acceptors (Lipinski definition) is 4. The molecule has 110 valence electrons. The molecule has 4 rings (SSSR count). The predicted octanol–water partition coefficient (Wildman–Crippen LogP) is 2.20. The largest absolute Gasteiger partial charge is 0.362 e. The number of fused-ring (bicyclic) bond motifs is 1. The van der Waals surface area contributed by atoms with Crippen LogP contribution in [0.3, 0.4) is 0 Å². The van der Waals surface area contributed by atoms with E-state index in [0.29, 0.717) is 6.04 Å². The summed E-state index contributed by atoms with van der Waals surface area (Å²) in [5.74, 6) is 1.02. The van der Waals surface area contributed by atoms with Crippen molar-refractivity contribution in [2.75, 3.05) is 11.4 Å². The van der Waals surface area contributed by atoms with E-state index in [1.807, 2.05) is 12.1 Å². The summed E-state index contributed by atoms with van der Waals surface area (Å²) in [6.45, 7) is 3.51. The van der Waals surface area contributed by atoms with Crippen LogP contribution in [-0.4, -0.2) is 27.4 Å². The van der Waals surface area contributed by atoms with Crippen molar-refractivity contribution in [2.24, 2.45) is 0 Å². The fraction of sp³-hybridized carbons (Fsp3) is 0.467. The SMILES string of the molecule is Clc1cccc(N2CCn3cnnc3C2)c1CNC1CC1. The van der Waals surface area contributed by atoms with Crippen LogP contribution in [-0.2, 0) is 19.6 Å². The van der Waals surface area contributed by atoms with Crippen LogP contribution in [0.1, 0.15) is 24.2 Å². The summed E-state index contributed by atoms with van der Waals surface area (Å²) in [6.07, 6.45) is 4.37. The first-order chi connectivity index (χ1) is 10.3. The van der Waals surface area contributed by atoms with Crippen molar-refractivity contribution in [3.05, 3.63) is 40.9 Å². The summed E-state index contributed by atoms with van der Waals surface area (Å²) in [5, 5.41) is 12.6. The van der Waals surface area contributed by atoms with Crippen molar-refractivity contribution in [2.45, 2.75) is 38.5 Å². The summed E-state index contributed by atoms with van der Waals surface area (Å²) >= 11 is 6.43. The third-order valence-electron chi connectivity index (χ3n) is 4.22. The molecule has 0 radical (unpaired) electrons. The summed E-state index contributed by atoms with van der Waals surface area (Å²) in [7, 11) is 0. The van der Waals surface area contributed by atoms with Gasteiger partial charge in [-0.25, -0.2) is 0 Å². The van der Waals surface area contributed by atoms with Gasteiger partial charge in [0.25, 0.3) is 0 Å². The van der Waals surface area contributed by atoms with E-state index in [-0.39, 0.29) is 0 Å². The first kappa shape index (κ1) is 13.1. The van der Waals surface area contributed by atoms with E-state index in [1.165, 1.54) is 24.1 Å². The standard InChI is InChI=1S/C15H18ClN5/c16-13-2-1-3-14(12(13)8-17-11-4-5-11)20-6-7-21-10-18-19-15(21)9-20/h1-3,10-11,17H,4-9H2. The van der Waals surface area contributed by atoms with E-state index >= 15 is 0 Å². The summed E-state index contributed by atoms with van der Waals surface area (Å²) in [4.78, 5) is 2.35. The molecule has 1 N–H and O–H groups in total. The fourth-order valence-electron chi connectivity index (χ4n) is 2.82. The smallest absolute Gasteiger partial charge is 0.152 e. The van der Waals surface area contributed by atoms with E-state index in [9.17, 15) is 0 Å². The molecule has 0 unspecified atom stereocenters. The normalized spacial score (nSPS) is 17.9. The van der Waals surface area contributed by atoms with Gasteiger partial charge in [-0.2, -0.15) is 0 Å². The molecule has 0 bridgehead atoms. The maximum absolute atomic E-state index is 6.43. The lowest BCUT2D eigenvalue weighted by molar-refractivity contribution is 0.557. The van der Waals surface area contributed by atoms with E-state index in [1.54, 1.807) is 6.33 Å². The third-order valence-corrected chi connectivity index (χ3v) is 4.57. The maximum Gasteiger partial charge on any atom is 0.152 e. The van der Waals surface area contributed by atoms with Crippen molar-refractivity contribution in [1.82, 2.24) is 20.1 Å². The second-order valence-corrected chi connectivity index (χ2v) is 6.16. The minimum atomic E-state index is 0.679. The Morgan fingerprint density at radius 3 is 3.05 bits per heavy atom. The number of nitrogens with one attached hydrogen (secondary N) is 1. The average Bonchev–Trinajstić information content (AvgIpc) is 3.21. The highest BCUT2D eigenvalue weighted by Crippen LogP contribution is 2.30. The van der Waals surface area contributed by atoms with Crippen LogP contribution in [0, 0.1) is 0 Å². The Labute approximate surface area is 128 Å². The summed E-state index contributed by atoms with van der Waals surface area (Å²) in [6, 6.07) is 6.83. The predicted molar refractivity (Wildman–Crippen MR) is 82.4 cm³/mol. The Morgan fingerprint density at radius 2 is 2.19 bits per heavy atom. The molecule has 2 heterocycles. The van der Waals surface area contributed by atoms with Crippen LogP contribution in [0.2, 0.25) is 5.02 Å². The molecule has 1 aliphatic heterocycles. The van der Waals surface area contributed by atoms with Crippen LogP contribution in [0.25, 0.3) is 0 Å². The van der Waals surface area contributed by atoms with Gasteiger partial charge in [0.1, 0.15) is 6.33 Å². The second kappa shape index (κ2) is 5.31. The number of aromatic nitrogens is 3. The molecule has 1 aliphatic carbocycles. The topological polar surface area (TPSA) is 46.0 Å². The van der Waals surface area contributed by atoms with Gasteiger partial charge in [-0.1, -0.05) is 17.7 Å². The molecule has 6 heteroatoms. The highest BCUT2D eigenvalue weighted by atomic mass is 35.5. The van der Waals surface area contributed by atoms with Gasteiger partial charge < -0.3 is 14.8 Å². The molecule has 0 atom stereocenters. The Kier molecular flexibility index (Phi) is 3.31. The zero-order valence-electron chi connectivity index (χ0n) is 11.8. The van der Waals surface area contributed by atoms with E-state index in [2.05, 4.69) is 31.0 Å². The van der Waals surface area contributed by atoms with Crippen molar-refractivity contribution in [1.29, 1.82) is 0 Å². The summed E-state index contributed by atoms with van der Waals surface area (Å²) in [5.41, 5.74) is 2.41. The highest BCUT2D eigenvalue weighted by Gasteiger charge is 2.24. The fourth-order valence-corrected chi connectivity index (χ4v) is 3.06. The van der Waals surface area contributed by atoms with Gasteiger partial charge >= 0.3 is 0 Å². The van der Waals surface area contributed by atoms with Crippen LogP contribution < -0.4 is 10.2 Å². The average molecular weight is 304 g/mol. The molecule has 2 aromatic rings. The van der Waals surface area contributed by atoms with Gasteiger partial charge in [-0.05, 0) is 25.0 Å². The first-order valence-electron chi connectivity index (χ1n) is 7.43. The lowest BCUT2D eigenvalue weighted by Gasteiger charge is -2.31. The van der Waals surface area contributed by atoms with Crippen LogP contribution in [0.4, 0.5) is 5.69 Å². The van der Waals surface area contributed by atoms with Crippen LogP contribution in [0.15, 0.2) is 24.5 Å². The Balaban J connectivity index is 1.60. The molecule has 0 spiro atoms. The Hall–Kier alpha value is -1.59. The van der Waals surface area contributed by atoms with Gasteiger partial charge in [-0.3, -0.25) is 0 Å². The third kappa shape index (κ3) is 2.63. The van der Waals surface area contributed by atoms with Gasteiger partial charge in [-0.15, -0.1) is 10.2 Å². The van der Waals surface area contributed by atoms with Gasteiger partial charge in [0.15, 0.2) is 5.82 Å². The van der Waals surface area contributed by atoms with Crippen LogP contribution in [0.5, 0.6) is 0 Å². The monoisotopic (exact) mass is 303 g/mol. The van der Waals surface area contributed by atoms with Gasteiger partial charge in [0.05, 0.1) is 6.54 Å². The molecule has 5 nitrogen and oxygen atoms in total. The first-order valence-corrected chi connectivity index (χ1v) is 7.81. The molecule has 1 fully saturated rings. The minimum Gasteiger partial charge on any atom is -0.362 e. The number of anilines is 1. The maximum atomic E-state index is 6.43. The highest BCUT2D eigenvalue weighted by molar-refractivity contribution is 6.31. The Bertz CT molecular complexity index is 649. The zero-order valence-corrected chi connectivity index (χ0v) is 12.6. The molecule has 2 aliphatic rings. The number of halogens is 1. The van der Waals surface area contributed by atoms with Crippen molar-refractivity contribution < 1.29 is 0 Å². The lowest BCUT2D eigenvalue weighted by Crippen LogP contribution is -2.34. The van der Waals surface area contributed by atoms with E-state index < -0.39 is 0 Å². The van der Waals surface area contributed by atoms with Crippen molar-refractivity contribution in [3.8, 4) is 0 Å². The second-order valence-electron chi connectivity index (χ2n) is 5.75. The molecule has 1 aromatic heterocycles. The molecule has 1 saturated carbocycles. The van der Waals surface area contributed by atoms with E-state index in [4.69, 9.17) is 11.6 Å². The number of nitrogens with zero attached hydrogens (tertiary/aromatic N) is 4. The van der Waals surface area contributed by atoms with Crippen molar-refractivity contribution >= 4 is 17.3 Å². The minimum absolute atomic E-state index is 0.679. The quantitative estimate of drug-likeness (QED) is 0.940. The van der Waals surface area contributed by atoms with Gasteiger partial charge in [0, 0.05) is 41.9 Å². The molecule has 0 amide bonds.